The van der Waals surface area contributed by atoms with Crippen LogP contribution in [0.3, 0.4) is 0 Å². The van der Waals surface area contributed by atoms with Crippen LogP contribution in [0.1, 0.15) is 40.6 Å². The molecule has 0 aromatic carbocycles. The number of thioether (sulfide) groups is 1. The molecule has 0 unspecified atom stereocenters. The normalized spacial score (nSPS) is 14.5. The number of rotatable bonds is 5. The zero-order chi connectivity index (χ0) is 13.3. The third-order valence-electron chi connectivity index (χ3n) is 2.58. The molecule has 1 fully saturated rings. The molecule has 1 heterocycles. The zero-order valence-corrected chi connectivity index (χ0v) is 10.7. The Kier molecular flexibility index (Phi) is 3.51. The number of carbonyl (C=O) groups excluding carboxylic acids is 1. The van der Waals surface area contributed by atoms with Crippen molar-refractivity contribution in [2.45, 2.75) is 30.7 Å². The van der Waals surface area contributed by atoms with Crippen LogP contribution in [0.15, 0.2) is 5.03 Å². The number of carboxylic acid groups (broad SMARTS) is 1. The first kappa shape index (κ1) is 12.8. The molecule has 1 aliphatic carbocycles. The number of aromatic nitrogens is 2. The second-order valence-electron chi connectivity index (χ2n) is 4.18. The molecule has 0 saturated heterocycles. The minimum atomic E-state index is -1.08. The summed E-state index contributed by atoms with van der Waals surface area (Å²) in [6.45, 7) is 1.64. The van der Waals surface area contributed by atoms with Crippen molar-refractivity contribution in [1.29, 1.82) is 0 Å². The highest BCUT2D eigenvalue weighted by Gasteiger charge is 2.29. The number of primary amides is 1. The summed E-state index contributed by atoms with van der Waals surface area (Å²) in [5.41, 5.74) is 5.56. The average molecular weight is 267 g/mol. The maximum atomic E-state index is 11.2. The van der Waals surface area contributed by atoms with Gasteiger partial charge in [-0.3, -0.25) is 4.79 Å². The highest BCUT2D eigenvalue weighted by molar-refractivity contribution is 8.00. The Hall–Kier alpha value is -1.63. The highest BCUT2D eigenvalue weighted by Crippen LogP contribution is 2.39. The van der Waals surface area contributed by atoms with Gasteiger partial charge in [0.2, 0.25) is 5.91 Å². The van der Waals surface area contributed by atoms with Crippen molar-refractivity contribution in [3.05, 3.63) is 17.1 Å². The largest absolute Gasteiger partial charge is 0.478 e. The summed E-state index contributed by atoms with van der Waals surface area (Å²) in [5.74, 6) is -0.563. The van der Waals surface area contributed by atoms with Crippen LogP contribution in [-0.2, 0) is 4.79 Å². The lowest BCUT2D eigenvalue weighted by atomic mass is 10.2. The van der Waals surface area contributed by atoms with E-state index in [1.807, 2.05) is 0 Å². The van der Waals surface area contributed by atoms with Crippen molar-refractivity contribution < 1.29 is 14.7 Å². The van der Waals surface area contributed by atoms with Gasteiger partial charge in [-0.1, -0.05) is 11.8 Å². The lowest BCUT2D eigenvalue weighted by Gasteiger charge is -2.08. The molecule has 6 nitrogen and oxygen atoms in total. The molecule has 18 heavy (non-hydrogen) atoms. The number of hydrogen-bond acceptors (Lipinski definition) is 5. The van der Waals surface area contributed by atoms with Gasteiger partial charge in [0.15, 0.2) is 0 Å². The van der Waals surface area contributed by atoms with E-state index in [-0.39, 0.29) is 11.3 Å². The Balaban J connectivity index is 2.37. The minimum absolute atomic E-state index is 0.0147. The maximum Gasteiger partial charge on any atom is 0.340 e. The molecule has 1 aromatic heterocycles. The molecule has 0 radical (unpaired) electrons. The Morgan fingerprint density at radius 2 is 2.11 bits per heavy atom. The summed E-state index contributed by atoms with van der Waals surface area (Å²) in [4.78, 5) is 30.4. The van der Waals surface area contributed by atoms with Gasteiger partial charge < -0.3 is 10.8 Å². The minimum Gasteiger partial charge on any atom is -0.478 e. The molecule has 0 spiro atoms. The Morgan fingerprint density at radius 1 is 1.44 bits per heavy atom. The summed E-state index contributed by atoms with van der Waals surface area (Å²) < 4.78 is 0. The molecule has 96 valence electrons. The number of hydrogen-bond donors (Lipinski definition) is 2. The van der Waals surface area contributed by atoms with Crippen molar-refractivity contribution in [1.82, 2.24) is 9.97 Å². The fraction of sp³-hybridized carbons (Fsp3) is 0.455. The molecule has 1 amide bonds. The van der Waals surface area contributed by atoms with Gasteiger partial charge in [-0.15, -0.1) is 0 Å². The summed E-state index contributed by atoms with van der Waals surface area (Å²) in [5, 5.41) is 9.48. The van der Waals surface area contributed by atoms with Gasteiger partial charge in [0.1, 0.15) is 16.4 Å². The van der Waals surface area contributed by atoms with Crippen LogP contribution in [-0.4, -0.2) is 32.7 Å². The Morgan fingerprint density at radius 3 is 2.61 bits per heavy atom. The van der Waals surface area contributed by atoms with Crippen LogP contribution < -0.4 is 5.73 Å². The molecule has 3 N–H and O–H groups in total. The van der Waals surface area contributed by atoms with Crippen molar-refractivity contribution in [2.24, 2.45) is 5.73 Å². The predicted molar refractivity (Wildman–Crippen MR) is 65.6 cm³/mol. The van der Waals surface area contributed by atoms with Crippen LogP contribution in [0.4, 0.5) is 0 Å². The van der Waals surface area contributed by atoms with E-state index in [4.69, 9.17) is 10.8 Å². The van der Waals surface area contributed by atoms with Crippen molar-refractivity contribution >= 4 is 23.6 Å². The van der Waals surface area contributed by atoms with Crippen molar-refractivity contribution in [3.8, 4) is 0 Å². The molecule has 2 rings (SSSR count). The van der Waals surface area contributed by atoms with E-state index in [0.29, 0.717) is 22.5 Å². The molecule has 0 aliphatic heterocycles. The van der Waals surface area contributed by atoms with E-state index in [0.717, 1.165) is 24.6 Å². The van der Waals surface area contributed by atoms with Gasteiger partial charge in [-0.2, -0.15) is 0 Å². The molecule has 1 aliphatic rings. The summed E-state index contributed by atoms with van der Waals surface area (Å²) in [6.07, 6.45) is 2.07. The number of nitrogens with two attached hydrogens (primary N) is 1. The van der Waals surface area contributed by atoms with Gasteiger partial charge in [0, 0.05) is 5.92 Å². The Bertz CT molecular complexity index is 515. The lowest BCUT2D eigenvalue weighted by Crippen LogP contribution is -2.15. The average Bonchev–Trinajstić information content (AvgIpc) is 3.08. The smallest absolute Gasteiger partial charge is 0.340 e. The molecule has 0 atom stereocenters. The standard InChI is InChI=1S/C11H13N3O3S/c1-5-8(11(16)17)10(18-4-7(12)15)14-9(13-5)6-2-3-6/h6H,2-4H2,1H3,(H2,12,15)(H,16,17). The van der Waals surface area contributed by atoms with Gasteiger partial charge in [-0.25, -0.2) is 14.8 Å². The molecule has 1 saturated carbocycles. The van der Waals surface area contributed by atoms with E-state index >= 15 is 0 Å². The van der Waals surface area contributed by atoms with E-state index in [9.17, 15) is 9.59 Å². The van der Waals surface area contributed by atoms with Gasteiger partial charge in [0.25, 0.3) is 0 Å². The quantitative estimate of drug-likeness (QED) is 0.607. The second-order valence-corrected chi connectivity index (χ2v) is 5.15. The number of carbonyl (C=O) groups is 2. The maximum absolute atomic E-state index is 11.2. The third-order valence-corrected chi connectivity index (χ3v) is 3.58. The van der Waals surface area contributed by atoms with E-state index < -0.39 is 11.9 Å². The monoisotopic (exact) mass is 267 g/mol. The van der Waals surface area contributed by atoms with Crippen LogP contribution >= 0.6 is 11.8 Å². The molecular formula is C11H13N3O3S. The van der Waals surface area contributed by atoms with Crippen molar-refractivity contribution in [3.63, 3.8) is 0 Å². The molecular weight excluding hydrogens is 254 g/mol. The number of nitrogens with zero attached hydrogens (tertiary/aromatic N) is 2. The van der Waals surface area contributed by atoms with Gasteiger partial charge in [0.05, 0.1) is 11.4 Å². The fourth-order valence-electron chi connectivity index (χ4n) is 1.58. The van der Waals surface area contributed by atoms with E-state index in [1.54, 1.807) is 6.92 Å². The SMILES string of the molecule is Cc1nc(C2CC2)nc(SCC(N)=O)c1C(=O)O. The number of aromatic carboxylic acids is 1. The summed E-state index contributed by atoms with van der Waals surface area (Å²) in [7, 11) is 0. The number of carboxylic acids is 1. The molecule has 0 bridgehead atoms. The fourth-order valence-corrected chi connectivity index (χ4v) is 2.40. The highest BCUT2D eigenvalue weighted by atomic mass is 32.2. The zero-order valence-electron chi connectivity index (χ0n) is 9.84. The van der Waals surface area contributed by atoms with E-state index in [1.165, 1.54) is 0 Å². The first-order chi connectivity index (χ1) is 8.49. The van der Waals surface area contributed by atoms with Crippen LogP contribution in [0.2, 0.25) is 0 Å². The first-order valence-corrected chi connectivity index (χ1v) is 6.50. The molecule has 7 heteroatoms. The predicted octanol–water partition coefficient (Wildman–Crippen LogP) is 0.938. The van der Waals surface area contributed by atoms with Gasteiger partial charge >= 0.3 is 5.97 Å². The van der Waals surface area contributed by atoms with Crippen molar-refractivity contribution in [2.75, 3.05) is 5.75 Å². The van der Waals surface area contributed by atoms with Crippen LogP contribution in [0.5, 0.6) is 0 Å². The first-order valence-electron chi connectivity index (χ1n) is 5.52. The van der Waals surface area contributed by atoms with E-state index in [2.05, 4.69) is 9.97 Å². The lowest BCUT2D eigenvalue weighted by molar-refractivity contribution is -0.115. The van der Waals surface area contributed by atoms with Crippen LogP contribution in [0, 0.1) is 6.92 Å². The van der Waals surface area contributed by atoms with Crippen LogP contribution in [0.25, 0.3) is 0 Å². The summed E-state index contributed by atoms with van der Waals surface area (Å²) in [6, 6.07) is 0. The topological polar surface area (TPSA) is 106 Å². The second kappa shape index (κ2) is 4.93. The molecule has 1 aromatic rings. The Labute approximate surface area is 108 Å². The number of aryl methyl sites for hydroxylation is 1. The third kappa shape index (κ3) is 2.79. The van der Waals surface area contributed by atoms with Gasteiger partial charge in [-0.05, 0) is 19.8 Å². The number of amides is 1. The summed E-state index contributed by atoms with van der Waals surface area (Å²) >= 11 is 1.05.